The summed E-state index contributed by atoms with van der Waals surface area (Å²) >= 11 is 1.57. The second-order valence-electron chi connectivity index (χ2n) is 5.40. The highest BCUT2D eigenvalue weighted by Crippen LogP contribution is 2.20. The molecule has 0 saturated heterocycles. The lowest BCUT2D eigenvalue weighted by Gasteiger charge is -2.29. The Bertz CT molecular complexity index is 404. The molecular formula is C12H23Cl2N3OS. The number of nitrogens with two attached hydrogens (primary N) is 1. The third-order valence-corrected chi connectivity index (χ3v) is 3.72. The number of halogens is 2. The van der Waals surface area contributed by atoms with Crippen LogP contribution in [0.5, 0.6) is 0 Å². The van der Waals surface area contributed by atoms with Crippen molar-refractivity contribution in [2.45, 2.75) is 40.3 Å². The Morgan fingerprint density at radius 1 is 1.47 bits per heavy atom. The Morgan fingerprint density at radius 3 is 2.37 bits per heavy atom. The average Bonchev–Trinajstić information content (AvgIpc) is 2.61. The molecule has 4 nitrogen and oxygen atoms in total. The summed E-state index contributed by atoms with van der Waals surface area (Å²) in [5, 5.41) is 0. The summed E-state index contributed by atoms with van der Waals surface area (Å²) < 4.78 is 0. The molecule has 0 aliphatic heterocycles. The van der Waals surface area contributed by atoms with E-state index >= 15 is 0 Å². The minimum Gasteiger partial charge on any atom is -0.339 e. The molecule has 0 fully saturated rings. The highest BCUT2D eigenvalue weighted by atomic mass is 35.5. The van der Waals surface area contributed by atoms with E-state index in [1.807, 2.05) is 27.7 Å². The second kappa shape index (κ2) is 8.04. The highest BCUT2D eigenvalue weighted by molar-refractivity contribution is 7.09. The van der Waals surface area contributed by atoms with Gasteiger partial charge in [0.15, 0.2) is 0 Å². The molecule has 1 atom stereocenters. The lowest BCUT2D eigenvalue weighted by molar-refractivity contribution is -0.134. The van der Waals surface area contributed by atoms with Crippen molar-refractivity contribution in [3.63, 3.8) is 0 Å². The highest BCUT2D eigenvalue weighted by Gasteiger charge is 2.29. The van der Waals surface area contributed by atoms with Crippen LogP contribution in [0.4, 0.5) is 0 Å². The normalized spacial score (nSPS) is 12.1. The van der Waals surface area contributed by atoms with Crippen LogP contribution in [0.2, 0.25) is 0 Å². The monoisotopic (exact) mass is 327 g/mol. The van der Waals surface area contributed by atoms with E-state index in [2.05, 4.69) is 4.98 Å². The number of hydrogen-bond donors (Lipinski definition) is 1. The number of aryl methyl sites for hydroxylation is 1. The van der Waals surface area contributed by atoms with E-state index in [4.69, 9.17) is 5.73 Å². The van der Waals surface area contributed by atoms with Crippen LogP contribution in [0.15, 0.2) is 5.51 Å². The van der Waals surface area contributed by atoms with E-state index in [1.165, 1.54) is 0 Å². The van der Waals surface area contributed by atoms with Crippen LogP contribution >= 0.6 is 36.2 Å². The van der Waals surface area contributed by atoms with Gasteiger partial charge in [0.1, 0.15) is 0 Å². The van der Waals surface area contributed by atoms with Gasteiger partial charge in [0.25, 0.3) is 0 Å². The third-order valence-electron chi connectivity index (χ3n) is 2.80. The fourth-order valence-corrected chi connectivity index (χ4v) is 2.21. The molecule has 7 heteroatoms. The van der Waals surface area contributed by atoms with Crippen molar-refractivity contribution in [1.29, 1.82) is 0 Å². The topological polar surface area (TPSA) is 59.2 Å². The zero-order valence-electron chi connectivity index (χ0n) is 12.0. The number of carbonyl (C=O) groups excluding carboxylic acids is 1. The smallest absolute Gasteiger partial charge is 0.240 e. The first-order valence-electron chi connectivity index (χ1n) is 5.63. The van der Waals surface area contributed by atoms with Gasteiger partial charge >= 0.3 is 0 Å². The maximum absolute atomic E-state index is 12.1. The second-order valence-corrected chi connectivity index (χ2v) is 6.34. The van der Waals surface area contributed by atoms with Crippen LogP contribution in [0.25, 0.3) is 0 Å². The number of nitrogens with zero attached hydrogens (tertiary/aromatic N) is 2. The van der Waals surface area contributed by atoms with Gasteiger partial charge in [-0.1, -0.05) is 20.8 Å². The number of hydrogen-bond acceptors (Lipinski definition) is 4. The average molecular weight is 328 g/mol. The van der Waals surface area contributed by atoms with Crippen LogP contribution in [0.1, 0.15) is 31.3 Å². The molecule has 2 N–H and O–H groups in total. The number of rotatable bonds is 3. The molecule has 1 aromatic rings. The van der Waals surface area contributed by atoms with Gasteiger partial charge in [-0.15, -0.1) is 36.2 Å². The molecule has 0 spiro atoms. The van der Waals surface area contributed by atoms with Crippen LogP contribution in [0, 0.1) is 12.3 Å². The van der Waals surface area contributed by atoms with E-state index in [1.54, 1.807) is 28.8 Å². The van der Waals surface area contributed by atoms with Gasteiger partial charge in [0.05, 0.1) is 23.8 Å². The standard InChI is InChI=1S/C12H21N3OS.2ClH/c1-8-9(17-7-14-8)6-15(5)11(16)10(13)12(2,3)4;;/h7,10H,6,13H2,1-5H3;2*1H/t10-;;/m1../s1. The van der Waals surface area contributed by atoms with Gasteiger partial charge in [0, 0.05) is 11.9 Å². The summed E-state index contributed by atoms with van der Waals surface area (Å²) in [6.07, 6.45) is 0. The SMILES string of the molecule is Cc1ncsc1CN(C)C(=O)[C@@H](N)C(C)(C)C.Cl.Cl. The minimum absolute atomic E-state index is 0. The zero-order valence-corrected chi connectivity index (χ0v) is 14.4. The van der Waals surface area contributed by atoms with E-state index in [0.717, 1.165) is 10.6 Å². The van der Waals surface area contributed by atoms with Gasteiger partial charge in [-0.05, 0) is 12.3 Å². The number of thiazole rings is 1. The Morgan fingerprint density at radius 2 is 2.00 bits per heavy atom. The molecule has 0 aromatic carbocycles. The van der Waals surface area contributed by atoms with Crippen molar-refractivity contribution in [2.75, 3.05) is 7.05 Å². The molecule has 112 valence electrons. The fraction of sp³-hybridized carbons (Fsp3) is 0.667. The molecule has 1 heterocycles. The van der Waals surface area contributed by atoms with E-state index in [-0.39, 0.29) is 36.1 Å². The van der Waals surface area contributed by atoms with Gasteiger partial charge in [-0.2, -0.15) is 0 Å². The summed E-state index contributed by atoms with van der Waals surface area (Å²) in [4.78, 5) is 19.1. The lowest BCUT2D eigenvalue weighted by atomic mass is 9.86. The predicted octanol–water partition coefficient (Wildman–Crippen LogP) is 2.63. The maximum atomic E-state index is 12.1. The molecule has 0 aliphatic carbocycles. The first-order valence-corrected chi connectivity index (χ1v) is 6.51. The first kappa shape index (κ1) is 20.9. The fourth-order valence-electron chi connectivity index (χ4n) is 1.38. The van der Waals surface area contributed by atoms with Crippen LogP contribution in [-0.2, 0) is 11.3 Å². The Kier molecular flexibility index (Phi) is 8.87. The summed E-state index contributed by atoms with van der Waals surface area (Å²) in [5.74, 6) is -0.0229. The van der Waals surface area contributed by atoms with E-state index < -0.39 is 6.04 Å². The Balaban J connectivity index is 0. The van der Waals surface area contributed by atoms with Crippen molar-refractivity contribution in [2.24, 2.45) is 11.1 Å². The minimum atomic E-state index is -0.472. The zero-order chi connectivity index (χ0) is 13.2. The maximum Gasteiger partial charge on any atom is 0.240 e. The number of likely N-dealkylation sites (N-methyl/N-ethyl adjacent to an activating group) is 1. The van der Waals surface area contributed by atoms with Gasteiger partial charge in [0.2, 0.25) is 5.91 Å². The lowest BCUT2D eigenvalue weighted by Crippen LogP contribution is -2.48. The largest absolute Gasteiger partial charge is 0.339 e. The van der Waals surface area contributed by atoms with E-state index in [0.29, 0.717) is 6.54 Å². The van der Waals surface area contributed by atoms with Gasteiger partial charge in [-0.25, -0.2) is 4.98 Å². The first-order chi connectivity index (χ1) is 7.73. The molecule has 0 unspecified atom stereocenters. The van der Waals surface area contributed by atoms with Crippen molar-refractivity contribution in [3.05, 3.63) is 16.1 Å². The Labute approximate surface area is 131 Å². The molecule has 1 rings (SSSR count). The number of aromatic nitrogens is 1. The van der Waals surface area contributed by atoms with Crippen LogP contribution < -0.4 is 5.73 Å². The third kappa shape index (κ3) is 5.65. The molecule has 0 bridgehead atoms. The number of carbonyl (C=O) groups is 1. The molecule has 1 amide bonds. The molecule has 1 aromatic heterocycles. The quantitative estimate of drug-likeness (QED) is 0.928. The predicted molar refractivity (Wildman–Crippen MR) is 85.3 cm³/mol. The van der Waals surface area contributed by atoms with Crippen molar-refractivity contribution in [3.8, 4) is 0 Å². The Hall–Kier alpha value is -0.360. The molecule has 0 aliphatic rings. The van der Waals surface area contributed by atoms with E-state index in [9.17, 15) is 4.79 Å². The number of amides is 1. The molecule has 0 saturated carbocycles. The molecular weight excluding hydrogens is 305 g/mol. The van der Waals surface area contributed by atoms with Crippen molar-refractivity contribution in [1.82, 2.24) is 9.88 Å². The molecule has 19 heavy (non-hydrogen) atoms. The van der Waals surface area contributed by atoms with Crippen LogP contribution in [-0.4, -0.2) is 28.9 Å². The molecule has 0 radical (unpaired) electrons. The van der Waals surface area contributed by atoms with Gasteiger partial charge < -0.3 is 10.6 Å². The van der Waals surface area contributed by atoms with Crippen molar-refractivity contribution >= 4 is 42.1 Å². The summed E-state index contributed by atoms with van der Waals surface area (Å²) in [6, 6.07) is -0.472. The van der Waals surface area contributed by atoms with Gasteiger partial charge in [-0.3, -0.25) is 4.79 Å². The summed E-state index contributed by atoms with van der Waals surface area (Å²) in [6.45, 7) is 8.46. The summed E-state index contributed by atoms with van der Waals surface area (Å²) in [5.41, 5.74) is 8.53. The summed E-state index contributed by atoms with van der Waals surface area (Å²) in [7, 11) is 1.78. The van der Waals surface area contributed by atoms with Crippen molar-refractivity contribution < 1.29 is 4.79 Å². The van der Waals surface area contributed by atoms with Crippen LogP contribution in [0.3, 0.4) is 0 Å².